The normalized spacial score (nSPS) is 41.0. The van der Waals surface area contributed by atoms with Crippen molar-refractivity contribution in [1.82, 2.24) is 10.6 Å². The summed E-state index contributed by atoms with van der Waals surface area (Å²) >= 11 is 0. The third kappa shape index (κ3) is 2.49. The highest BCUT2D eigenvalue weighted by atomic mass is 16.2. The quantitative estimate of drug-likeness (QED) is 0.812. The van der Waals surface area contributed by atoms with Crippen LogP contribution in [0.1, 0.15) is 58.8 Å². The molecule has 2 aliphatic carbocycles. The van der Waals surface area contributed by atoms with Crippen LogP contribution in [0.25, 0.3) is 0 Å². The number of hydrogen-bond donors (Lipinski definition) is 2. The second kappa shape index (κ2) is 5.67. The Kier molecular flexibility index (Phi) is 4.07. The first-order valence-electron chi connectivity index (χ1n) is 8.66. The third-order valence-electron chi connectivity index (χ3n) is 6.25. The number of amides is 1. The summed E-state index contributed by atoms with van der Waals surface area (Å²) in [6.07, 6.45) is 8.74. The molecule has 5 atom stereocenters. The molecule has 2 saturated carbocycles. The maximum Gasteiger partial charge on any atom is 0.227 e. The van der Waals surface area contributed by atoms with Crippen LogP contribution < -0.4 is 10.6 Å². The summed E-state index contributed by atoms with van der Waals surface area (Å²) < 4.78 is 0. The van der Waals surface area contributed by atoms with Crippen molar-refractivity contribution in [3.05, 3.63) is 0 Å². The van der Waals surface area contributed by atoms with E-state index in [1.165, 1.54) is 25.7 Å². The molecule has 3 fully saturated rings. The van der Waals surface area contributed by atoms with Gasteiger partial charge in [-0.3, -0.25) is 4.79 Å². The zero-order valence-corrected chi connectivity index (χ0v) is 13.1. The van der Waals surface area contributed by atoms with E-state index in [9.17, 15) is 4.79 Å². The van der Waals surface area contributed by atoms with Crippen LogP contribution in [0.5, 0.6) is 0 Å². The minimum absolute atomic E-state index is 0.124. The topological polar surface area (TPSA) is 41.1 Å². The lowest BCUT2D eigenvalue weighted by Gasteiger charge is -2.33. The first-order valence-corrected chi connectivity index (χ1v) is 8.66. The Balaban J connectivity index is 1.60. The van der Waals surface area contributed by atoms with Crippen LogP contribution >= 0.6 is 0 Å². The largest absolute Gasteiger partial charge is 0.353 e. The van der Waals surface area contributed by atoms with Gasteiger partial charge < -0.3 is 10.6 Å². The molecule has 0 aromatic carbocycles. The molecule has 3 nitrogen and oxygen atoms in total. The second-order valence-corrected chi connectivity index (χ2v) is 7.56. The Morgan fingerprint density at radius 1 is 1.40 bits per heavy atom. The van der Waals surface area contributed by atoms with Crippen molar-refractivity contribution < 1.29 is 4.79 Å². The molecular weight excluding hydrogens is 248 g/mol. The van der Waals surface area contributed by atoms with Gasteiger partial charge in [0.2, 0.25) is 5.91 Å². The zero-order chi connectivity index (χ0) is 14.2. The van der Waals surface area contributed by atoms with E-state index >= 15 is 0 Å². The first kappa shape index (κ1) is 14.4. The highest BCUT2D eigenvalue weighted by molar-refractivity contribution is 5.83. The highest BCUT2D eigenvalue weighted by Gasteiger charge is 2.45. The summed E-state index contributed by atoms with van der Waals surface area (Å²) in [4.78, 5) is 12.8. The SMILES string of the molecule is CCCC1(C(=O)NC(C)C2CC3CCC2C3)CCNC1. The third-order valence-corrected chi connectivity index (χ3v) is 6.25. The fraction of sp³-hybridized carbons (Fsp3) is 0.941. The molecule has 1 aliphatic heterocycles. The summed E-state index contributed by atoms with van der Waals surface area (Å²) in [5.41, 5.74) is -0.124. The predicted molar refractivity (Wildman–Crippen MR) is 81.4 cm³/mol. The molecule has 0 spiro atoms. The van der Waals surface area contributed by atoms with Gasteiger partial charge in [0.1, 0.15) is 0 Å². The average Bonchev–Trinajstić information content (AvgIpc) is 3.15. The van der Waals surface area contributed by atoms with Crippen LogP contribution in [0.3, 0.4) is 0 Å². The molecular formula is C17H30N2O. The predicted octanol–water partition coefficient (Wildman–Crippen LogP) is 2.71. The van der Waals surface area contributed by atoms with Crippen LogP contribution in [-0.2, 0) is 4.79 Å². The molecule has 114 valence electrons. The Labute approximate surface area is 123 Å². The molecule has 3 aliphatic rings. The summed E-state index contributed by atoms with van der Waals surface area (Å²) in [7, 11) is 0. The maximum atomic E-state index is 12.8. The van der Waals surface area contributed by atoms with Crippen LogP contribution in [0.2, 0.25) is 0 Å². The van der Waals surface area contributed by atoms with Gasteiger partial charge in [-0.2, -0.15) is 0 Å². The molecule has 0 aromatic heterocycles. The van der Waals surface area contributed by atoms with Gasteiger partial charge in [-0.25, -0.2) is 0 Å². The number of nitrogens with one attached hydrogen (secondary N) is 2. The zero-order valence-electron chi connectivity index (χ0n) is 13.1. The molecule has 2 bridgehead atoms. The number of carbonyl (C=O) groups excluding carboxylic acids is 1. The molecule has 0 aromatic rings. The minimum Gasteiger partial charge on any atom is -0.353 e. The molecule has 20 heavy (non-hydrogen) atoms. The summed E-state index contributed by atoms with van der Waals surface area (Å²) in [5, 5.41) is 6.78. The van der Waals surface area contributed by atoms with E-state index in [1.54, 1.807) is 0 Å². The molecule has 5 unspecified atom stereocenters. The summed E-state index contributed by atoms with van der Waals surface area (Å²) in [6.45, 7) is 6.30. The van der Waals surface area contributed by atoms with Gasteiger partial charge in [0.25, 0.3) is 0 Å². The second-order valence-electron chi connectivity index (χ2n) is 7.56. The van der Waals surface area contributed by atoms with Crippen molar-refractivity contribution in [2.75, 3.05) is 13.1 Å². The van der Waals surface area contributed by atoms with Crippen LogP contribution in [0.4, 0.5) is 0 Å². The monoisotopic (exact) mass is 278 g/mol. The lowest BCUT2D eigenvalue weighted by Crippen LogP contribution is -2.48. The van der Waals surface area contributed by atoms with Gasteiger partial charge in [-0.05, 0) is 63.3 Å². The van der Waals surface area contributed by atoms with Crippen molar-refractivity contribution in [3.8, 4) is 0 Å². The molecule has 3 rings (SSSR count). The molecule has 1 amide bonds. The number of fused-ring (bicyclic) bond motifs is 2. The summed E-state index contributed by atoms with van der Waals surface area (Å²) in [5.74, 6) is 2.91. The standard InChI is InChI=1S/C17H30N2O/c1-3-6-17(7-8-18-11-17)16(20)19-12(2)15-10-13-4-5-14(15)9-13/h12-15,18H,3-11H2,1-2H3,(H,19,20). The fourth-order valence-electron chi connectivity index (χ4n) is 5.12. The average molecular weight is 278 g/mol. The van der Waals surface area contributed by atoms with E-state index in [0.29, 0.717) is 11.9 Å². The van der Waals surface area contributed by atoms with Crippen LogP contribution in [0, 0.1) is 23.2 Å². The van der Waals surface area contributed by atoms with Gasteiger partial charge in [0.05, 0.1) is 5.41 Å². The van der Waals surface area contributed by atoms with E-state index < -0.39 is 0 Å². The molecule has 2 N–H and O–H groups in total. The lowest BCUT2D eigenvalue weighted by molar-refractivity contribution is -0.131. The van der Waals surface area contributed by atoms with Crippen LogP contribution in [0.15, 0.2) is 0 Å². The highest BCUT2D eigenvalue weighted by Crippen LogP contribution is 2.49. The Morgan fingerprint density at radius 2 is 2.25 bits per heavy atom. The minimum atomic E-state index is -0.124. The Hall–Kier alpha value is -0.570. The van der Waals surface area contributed by atoms with Crippen molar-refractivity contribution >= 4 is 5.91 Å². The number of carbonyl (C=O) groups is 1. The molecule has 1 heterocycles. The van der Waals surface area contributed by atoms with Gasteiger partial charge in [0, 0.05) is 12.6 Å². The van der Waals surface area contributed by atoms with Gasteiger partial charge in [0.15, 0.2) is 0 Å². The van der Waals surface area contributed by atoms with Gasteiger partial charge in [-0.1, -0.05) is 19.8 Å². The first-order chi connectivity index (χ1) is 9.64. The Bertz CT molecular complexity index is 362. The van der Waals surface area contributed by atoms with E-state index in [1.807, 2.05) is 0 Å². The van der Waals surface area contributed by atoms with E-state index in [-0.39, 0.29) is 5.41 Å². The molecule has 3 heteroatoms. The van der Waals surface area contributed by atoms with Crippen LogP contribution in [-0.4, -0.2) is 25.0 Å². The number of hydrogen-bond acceptors (Lipinski definition) is 2. The maximum absolute atomic E-state index is 12.8. The van der Waals surface area contributed by atoms with Crippen molar-refractivity contribution in [2.45, 2.75) is 64.8 Å². The van der Waals surface area contributed by atoms with Gasteiger partial charge >= 0.3 is 0 Å². The Morgan fingerprint density at radius 3 is 2.80 bits per heavy atom. The van der Waals surface area contributed by atoms with Crippen molar-refractivity contribution in [2.24, 2.45) is 23.2 Å². The van der Waals surface area contributed by atoms with E-state index in [2.05, 4.69) is 24.5 Å². The lowest BCUT2D eigenvalue weighted by atomic mass is 9.79. The summed E-state index contributed by atoms with van der Waals surface area (Å²) in [6, 6.07) is 0.368. The fourth-order valence-corrected chi connectivity index (χ4v) is 5.12. The van der Waals surface area contributed by atoms with Crippen molar-refractivity contribution in [1.29, 1.82) is 0 Å². The number of rotatable bonds is 5. The van der Waals surface area contributed by atoms with E-state index in [0.717, 1.165) is 50.1 Å². The van der Waals surface area contributed by atoms with Crippen molar-refractivity contribution in [3.63, 3.8) is 0 Å². The molecule has 1 saturated heterocycles. The van der Waals surface area contributed by atoms with E-state index in [4.69, 9.17) is 0 Å². The van der Waals surface area contributed by atoms with Gasteiger partial charge in [-0.15, -0.1) is 0 Å². The smallest absolute Gasteiger partial charge is 0.227 e. The molecule has 0 radical (unpaired) electrons.